The molecule has 0 spiro atoms. The number of rotatable bonds is 7. The highest BCUT2D eigenvalue weighted by Crippen LogP contribution is 2.35. The van der Waals surface area contributed by atoms with Crippen LogP contribution in [0.25, 0.3) is 11.3 Å². The minimum absolute atomic E-state index is 0.244. The Morgan fingerprint density at radius 2 is 2.00 bits per heavy atom. The number of nitrogens with one attached hydrogen (secondary N) is 1. The lowest BCUT2D eigenvalue weighted by Gasteiger charge is -2.08. The fourth-order valence-electron chi connectivity index (χ4n) is 2.36. The van der Waals surface area contributed by atoms with Crippen LogP contribution in [0.2, 0.25) is 0 Å². The summed E-state index contributed by atoms with van der Waals surface area (Å²) in [5.41, 5.74) is 1.60. The van der Waals surface area contributed by atoms with Gasteiger partial charge in [-0.2, -0.15) is 0 Å². The van der Waals surface area contributed by atoms with Gasteiger partial charge in [0.15, 0.2) is 11.7 Å². The van der Waals surface area contributed by atoms with Gasteiger partial charge in [0.25, 0.3) is 5.91 Å². The van der Waals surface area contributed by atoms with E-state index in [1.165, 1.54) is 17.5 Å². The SMILES string of the molecule is COc1ccc(OC)c(-c2csc(NC(=O)COC(=O)c3cncc(Br)c3)n2)c1. The average Bonchev–Trinajstić information content (AvgIpc) is 3.19. The number of hydrogen-bond donors (Lipinski definition) is 1. The Labute approximate surface area is 179 Å². The maximum Gasteiger partial charge on any atom is 0.340 e. The zero-order chi connectivity index (χ0) is 20.8. The van der Waals surface area contributed by atoms with Crippen LogP contribution in [0.4, 0.5) is 5.13 Å². The molecule has 8 nitrogen and oxygen atoms in total. The van der Waals surface area contributed by atoms with Crippen LogP contribution in [0.3, 0.4) is 0 Å². The summed E-state index contributed by atoms with van der Waals surface area (Å²) >= 11 is 4.46. The molecule has 0 aliphatic rings. The molecule has 2 heterocycles. The van der Waals surface area contributed by atoms with Gasteiger partial charge < -0.3 is 14.2 Å². The number of carbonyl (C=O) groups is 2. The number of halogens is 1. The van der Waals surface area contributed by atoms with Gasteiger partial charge in [0, 0.05) is 27.8 Å². The standard InChI is InChI=1S/C19H16BrN3O5S/c1-26-13-3-4-16(27-2)14(6-13)15-10-29-19(22-15)23-17(24)9-28-18(25)11-5-12(20)8-21-7-11/h3-8,10H,9H2,1-2H3,(H,22,23,24). The van der Waals surface area contributed by atoms with Crippen LogP contribution in [0.15, 0.2) is 46.5 Å². The van der Waals surface area contributed by atoms with Crippen LogP contribution in [-0.2, 0) is 9.53 Å². The lowest BCUT2D eigenvalue weighted by atomic mass is 10.1. The van der Waals surface area contributed by atoms with Gasteiger partial charge in [-0.25, -0.2) is 9.78 Å². The van der Waals surface area contributed by atoms with Crippen molar-refractivity contribution in [2.24, 2.45) is 0 Å². The molecule has 1 aromatic carbocycles. The zero-order valence-electron chi connectivity index (χ0n) is 15.5. The number of benzene rings is 1. The first kappa shape index (κ1) is 20.7. The van der Waals surface area contributed by atoms with Crippen molar-refractivity contribution in [2.45, 2.75) is 0 Å². The quantitative estimate of drug-likeness (QED) is 0.516. The van der Waals surface area contributed by atoms with E-state index < -0.39 is 18.5 Å². The summed E-state index contributed by atoms with van der Waals surface area (Å²) in [6, 6.07) is 6.92. The first-order valence-corrected chi connectivity index (χ1v) is 9.93. The summed E-state index contributed by atoms with van der Waals surface area (Å²) in [6.45, 7) is -0.442. The fourth-order valence-corrected chi connectivity index (χ4v) is 3.45. The van der Waals surface area contributed by atoms with Crippen LogP contribution >= 0.6 is 27.3 Å². The summed E-state index contributed by atoms with van der Waals surface area (Å²) in [5, 5.41) is 4.76. The molecule has 150 valence electrons. The predicted molar refractivity (Wildman–Crippen MR) is 112 cm³/mol. The molecule has 0 radical (unpaired) electrons. The molecule has 3 aromatic rings. The lowest BCUT2D eigenvalue weighted by Crippen LogP contribution is -2.20. The number of nitrogens with zero attached hydrogens (tertiary/aromatic N) is 2. The molecule has 1 amide bonds. The van der Waals surface area contributed by atoms with Gasteiger partial charge in [0.05, 0.1) is 25.5 Å². The number of amides is 1. The second-order valence-corrected chi connectivity index (χ2v) is 7.39. The summed E-state index contributed by atoms with van der Waals surface area (Å²) < 4.78 is 16.2. The molecular weight excluding hydrogens is 462 g/mol. The number of esters is 1. The van der Waals surface area contributed by atoms with Crippen molar-refractivity contribution < 1.29 is 23.8 Å². The maximum absolute atomic E-state index is 12.1. The summed E-state index contributed by atoms with van der Waals surface area (Å²) in [7, 11) is 3.14. The smallest absolute Gasteiger partial charge is 0.340 e. The minimum Gasteiger partial charge on any atom is -0.497 e. The first-order valence-electron chi connectivity index (χ1n) is 8.25. The van der Waals surface area contributed by atoms with Crippen LogP contribution in [0.5, 0.6) is 11.5 Å². The van der Waals surface area contributed by atoms with E-state index in [4.69, 9.17) is 14.2 Å². The number of methoxy groups -OCH3 is 2. The monoisotopic (exact) mass is 477 g/mol. The Balaban J connectivity index is 1.63. The third kappa shape index (κ3) is 5.30. The summed E-state index contributed by atoms with van der Waals surface area (Å²) in [4.78, 5) is 32.3. The highest BCUT2D eigenvalue weighted by molar-refractivity contribution is 9.10. The molecule has 0 fully saturated rings. The maximum atomic E-state index is 12.1. The zero-order valence-corrected chi connectivity index (χ0v) is 17.9. The molecule has 0 atom stereocenters. The number of aromatic nitrogens is 2. The van der Waals surface area contributed by atoms with Gasteiger partial charge in [-0.1, -0.05) is 0 Å². The topological polar surface area (TPSA) is 99.6 Å². The van der Waals surface area contributed by atoms with Crippen LogP contribution < -0.4 is 14.8 Å². The first-order chi connectivity index (χ1) is 14.0. The molecule has 1 N–H and O–H groups in total. The normalized spacial score (nSPS) is 10.3. The fraction of sp³-hybridized carbons (Fsp3) is 0.158. The molecule has 10 heteroatoms. The number of pyridine rings is 1. The Morgan fingerprint density at radius 1 is 1.17 bits per heavy atom. The van der Waals surface area contributed by atoms with Crippen molar-refractivity contribution in [2.75, 3.05) is 26.1 Å². The van der Waals surface area contributed by atoms with E-state index in [0.717, 1.165) is 5.56 Å². The Morgan fingerprint density at radius 3 is 2.72 bits per heavy atom. The molecule has 0 bridgehead atoms. The van der Waals surface area contributed by atoms with Gasteiger partial charge in [-0.3, -0.25) is 15.1 Å². The van der Waals surface area contributed by atoms with Crippen molar-refractivity contribution >= 4 is 44.3 Å². The molecular formula is C19H16BrN3O5S. The van der Waals surface area contributed by atoms with Crippen molar-refractivity contribution in [3.63, 3.8) is 0 Å². The minimum atomic E-state index is -0.644. The average molecular weight is 478 g/mol. The van der Waals surface area contributed by atoms with Gasteiger partial charge in [-0.05, 0) is 40.2 Å². The van der Waals surface area contributed by atoms with Crippen molar-refractivity contribution in [1.29, 1.82) is 0 Å². The van der Waals surface area contributed by atoms with Crippen molar-refractivity contribution in [1.82, 2.24) is 9.97 Å². The molecule has 0 aliphatic carbocycles. The Kier molecular flexibility index (Phi) is 6.78. The summed E-state index contributed by atoms with van der Waals surface area (Å²) in [6.07, 6.45) is 2.90. The third-order valence-corrected chi connectivity index (χ3v) is 4.90. The van der Waals surface area contributed by atoms with Crippen molar-refractivity contribution in [3.05, 3.63) is 52.1 Å². The molecule has 2 aromatic heterocycles. The summed E-state index contributed by atoms with van der Waals surface area (Å²) in [5.74, 6) is 0.147. The van der Waals surface area contributed by atoms with Gasteiger partial charge >= 0.3 is 5.97 Å². The van der Waals surface area contributed by atoms with Crippen LogP contribution in [0.1, 0.15) is 10.4 Å². The lowest BCUT2D eigenvalue weighted by molar-refractivity contribution is -0.119. The second-order valence-electron chi connectivity index (χ2n) is 5.62. The number of thiazole rings is 1. The number of carbonyl (C=O) groups excluding carboxylic acids is 2. The van der Waals surface area contributed by atoms with Gasteiger partial charge in [0.2, 0.25) is 0 Å². The van der Waals surface area contributed by atoms with E-state index in [2.05, 4.69) is 31.2 Å². The Bertz CT molecular complexity index is 1040. The molecule has 0 saturated heterocycles. The molecule has 29 heavy (non-hydrogen) atoms. The van der Waals surface area contributed by atoms with E-state index in [0.29, 0.717) is 26.8 Å². The highest BCUT2D eigenvalue weighted by Gasteiger charge is 2.15. The third-order valence-electron chi connectivity index (χ3n) is 3.71. The van der Waals surface area contributed by atoms with E-state index in [1.54, 1.807) is 50.1 Å². The molecule has 0 saturated carbocycles. The Hall–Kier alpha value is -2.98. The van der Waals surface area contributed by atoms with E-state index >= 15 is 0 Å². The highest BCUT2D eigenvalue weighted by atomic mass is 79.9. The molecule has 3 rings (SSSR count). The van der Waals surface area contributed by atoms with E-state index in [1.807, 2.05) is 0 Å². The van der Waals surface area contributed by atoms with Gasteiger partial charge in [-0.15, -0.1) is 11.3 Å². The van der Waals surface area contributed by atoms with E-state index in [9.17, 15) is 9.59 Å². The number of ether oxygens (including phenoxy) is 3. The largest absolute Gasteiger partial charge is 0.497 e. The predicted octanol–water partition coefficient (Wildman–Crippen LogP) is 3.78. The molecule has 0 aliphatic heterocycles. The van der Waals surface area contributed by atoms with E-state index in [-0.39, 0.29) is 5.56 Å². The van der Waals surface area contributed by atoms with Crippen molar-refractivity contribution in [3.8, 4) is 22.8 Å². The molecule has 0 unspecified atom stereocenters. The number of hydrogen-bond acceptors (Lipinski definition) is 8. The second kappa shape index (κ2) is 9.48. The number of anilines is 1. The van der Waals surface area contributed by atoms with Crippen LogP contribution in [0, 0.1) is 0 Å². The van der Waals surface area contributed by atoms with Gasteiger partial charge in [0.1, 0.15) is 11.5 Å². The van der Waals surface area contributed by atoms with Crippen LogP contribution in [-0.4, -0.2) is 42.7 Å².